The van der Waals surface area contributed by atoms with Crippen LogP contribution >= 0.6 is 0 Å². The van der Waals surface area contributed by atoms with E-state index in [9.17, 15) is 5.11 Å². The van der Waals surface area contributed by atoms with Crippen molar-refractivity contribution in [1.29, 1.82) is 0 Å². The van der Waals surface area contributed by atoms with Gasteiger partial charge in [0.15, 0.2) is 0 Å². The average Bonchev–Trinajstić information content (AvgIpc) is 2.88. The highest BCUT2D eigenvalue weighted by molar-refractivity contribution is 6.84. The van der Waals surface area contributed by atoms with Crippen molar-refractivity contribution in [3.8, 4) is 0 Å². The lowest BCUT2D eigenvalue weighted by atomic mass is 9.43. The van der Waals surface area contributed by atoms with E-state index in [1.165, 1.54) is 18.4 Å². The predicted octanol–water partition coefficient (Wildman–Crippen LogP) is 7.97. The van der Waals surface area contributed by atoms with Gasteiger partial charge in [0, 0.05) is 11.3 Å². The zero-order chi connectivity index (χ0) is 23.6. The largest absolute Gasteiger partial charge is 0.504 e. The summed E-state index contributed by atoms with van der Waals surface area (Å²) in [5, 5.41) is 11.9. The van der Waals surface area contributed by atoms with Gasteiger partial charge in [-0.2, -0.15) is 0 Å². The van der Waals surface area contributed by atoms with Crippen LogP contribution in [0, 0.1) is 34.5 Å². The van der Waals surface area contributed by atoms with Crippen LogP contribution in [-0.2, 0) is 4.74 Å². The lowest BCUT2D eigenvalue weighted by Crippen LogP contribution is -2.62. The number of aliphatic hydroxyl groups excluding tert-OH is 1. The van der Waals surface area contributed by atoms with Crippen LogP contribution in [0.25, 0.3) is 0 Å². The zero-order valence-corrected chi connectivity index (χ0v) is 23.3. The van der Waals surface area contributed by atoms with E-state index >= 15 is 0 Å². The predicted molar refractivity (Wildman–Crippen MR) is 138 cm³/mol. The molecule has 3 saturated carbocycles. The van der Waals surface area contributed by atoms with Gasteiger partial charge >= 0.3 is 0 Å². The number of aliphatic hydroxyl groups is 1. The molecular formula is C29H50O2Si. The maximum Gasteiger partial charge on any atom is 0.0820 e. The molecule has 0 radical (unpaired) electrons. The van der Waals surface area contributed by atoms with E-state index in [1.54, 1.807) is 7.11 Å². The van der Waals surface area contributed by atoms with Crippen molar-refractivity contribution in [1.82, 2.24) is 0 Å². The highest BCUT2D eigenvalue weighted by atomic mass is 28.3. The SMILES string of the molecule is CO/C=C1/CC[C@]23[C@H](C=C[C@H]4[C@H](C)[C@@H]([Si](C(C)C)(C(C)C)C(C)C)CC[C@@]42C)C[C@@H]1[C@H]3O. The fourth-order valence-electron chi connectivity index (χ4n) is 10.9. The Morgan fingerprint density at radius 1 is 1.06 bits per heavy atom. The van der Waals surface area contributed by atoms with Crippen LogP contribution in [-0.4, -0.2) is 26.4 Å². The summed E-state index contributed by atoms with van der Waals surface area (Å²) in [5.41, 5.74) is 4.93. The Balaban J connectivity index is 1.74. The molecule has 2 nitrogen and oxygen atoms in total. The lowest BCUT2D eigenvalue weighted by Gasteiger charge is -2.65. The zero-order valence-electron chi connectivity index (χ0n) is 22.3. The maximum absolute atomic E-state index is 11.9. The molecule has 1 spiro atoms. The number of methoxy groups -OCH3 is 1. The van der Waals surface area contributed by atoms with Crippen LogP contribution < -0.4 is 0 Å². The Labute approximate surface area is 199 Å². The Morgan fingerprint density at radius 3 is 2.25 bits per heavy atom. The summed E-state index contributed by atoms with van der Waals surface area (Å²) in [6.07, 6.45) is 12.9. The van der Waals surface area contributed by atoms with Crippen molar-refractivity contribution < 1.29 is 9.84 Å². The lowest BCUT2D eigenvalue weighted by molar-refractivity contribution is -0.142. The molecule has 2 bridgehead atoms. The summed E-state index contributed by atoms with van der Waals surface area (Å²) in [4.78, 5) is 0. The van der Waals surface area contributed by atoms with Gasteiger partial charge in [0.2, 0.25) is 0 Å². The molecule has 0 aromatic heterocycles. The van der Waals surface area contributed by atoms with E-state index < -0.39 is 8.07 Å². The smallest absolute Gasteiger partial charge is 0.0820 e. The topological polar surface area (TPSA) is 29.5 Å². The van der Waals surface area contributed by atoms with Gasteiger partial charge in [-0.15, -0.1) is 0 Å². The molecule has 0 amide bonds. The molecule has 32 heavy (non-hydrogen) atoms. The first-order valence-corrected chi connectivity index (χ1v) is 15.9. The Hall–Kier alpha value is -0.543. The van der Waals surface area contributed by atoms with Gasteiger partial charge in [-0.25, -0.2) is 0 Å². The third-order valence-electron chi connectivity index (χ3n) is 11.8. The third kappa shape index (κ3) is 2.92. The molecule has 1 N–H and O–H groups in total. The summed E-state index contributed by atoms with van der Waals surface area (Å²) in [6.45, 7) is 20.4. The number of hydrogen-bond acceptors (Lipinski definition) is 2. The first-order valence-electron chi connectivity index (χ1n) is 13.6. The second-order valence-corrected chi connectivity index (χ2v) is 19.4. The van der Waals surface area contributed by atoms with Crippen LogP contribution in [0.3, 0.4) is 0 Å². The second-order valence-electron chi connectivity index (χ2n) is 13.2. The van der Waals surface area contributed by atoms with Crippen LogP contribution in [0.4, 0.5) is 0 Å². The fourth-order valence-corrected chi connectivity index (χ4v) is 19.2. The fraction of sp³-hybridized carbons (Fsp3) is 0.862. The summed E-state index contributed by atoms with van der Waals surface area (Å²) in [7, 11) is 0.223. The molecule has 0 heterocycles. The molecule has 0 aromatic rings. The minimum absolute atomic E-state index is 0.0547. The Kier molecular flexibility index (Phi) is 6.37. The van der Waals surface area contributed by atoms with Crippen LogP contribution in [0.5, 0.6) is 0 Å². The average molecular weight is 459 g/mol. The van der Waals surface area contributed by atoms with Crippen LogP contribution in [0.2, 0.25) is 22.2 Å². The Morgan fingerprint density at radius 2 is 1.69 bits per heavy atom. The van der Waals surface area contributed by atoms with E-state index in [2.05, 4.69) is 67.5 Å². The molecule has 182 valence electrons. The monoisotopic (exact) mass is 458 g/mol. The summed E-state index contributed by atoms with van der Waals surface area (Å²) < 4.78 is 5.41. The van der Waals surface area contributed by atoms with Gasteiger partial charge in [-0.05, 0) is 60.0 Å². The minimum Gasteiger partial charge on any atom is -0.504 e. The standard InChI is InChI=1S/C29H50O2Si/c1-18(2)32(19(3)4,20(5)6)26-13-14-28(8)25(21(26)7)11-10-23-16-24-22(17-31-9)12-15-29(23,28)27(24)30/h10-11,17-21,23-27,30H,12-16H2,1-9H3/b22-17-/t21-,23+,24-,25-,26-,27+,28-,29+/m0/s1. The van der Waals surface area contributed by atoms with Crippen LogP contribution in [0.15, 0.2) is 24.0 Å². The van der Waals surface area contributed by atoms with Gasteiger partial charge in [-0.3, -0.25) is 0 Å². The first kappa shape index (κ1) is 24.6. The summed E-state index contributed by atoms with van der Waals surface area (Å²) in [6, 6.07) is 0. The molecule has 3 heteroatoms. The van der Waals surface area contributed by atoms with Gasteiger partial charge in [0.25, 0.3) is 0 Å². The molecule has 0 unspecified atom stereocenters. The van der Waals surface area contributed by atoms with Crippen molar-refractivity contribution in [3.05, 3.63) is 24.0 Å². The molecular weight excluding hydrogens is 408 g/mol. The number of ether oxygens (including phenoxy) is 1. The molecule has 4 aliphatic carbocycles. The molecule has 3 fully saturated rings. The van der Waals surface area contributed by atoms with Crippen molar-refractivity contribution >= 4 is 8.07 Å². The maximum atomic E-state index is 11.9. The molecule has 0 aliphatic heterocycles. The molecule has 4 rings (SSSR count). The van der Waals surface area contributed by atoms with Crippen molar-refractivity contribution in [2.24, 2.45) is 34.5 Å². The molecule has 0 saturated heterocycles. The molecule has 8 atom stereocenters. The number of fused-ring (bicyclic) bond motifs is 2. The van der Waals surface area contributed by atoms with Crippen molar-refractivity contribution in [2.45, 2.75) is 116 Å². The summed E-state index contributed by atoms with van der Waals surface area (Å²) >= 11 is 0. The normalized spacial score (nSPS) is 45.0. The van der Waals surface area contributed by atoms with Gasteiger partial charge in [-0.1, -0.05) is 90.6 Å². The molecule has 4 aliphatic rings. The number of rotatable bonds is 5. The third-order valence-corrected chi connectivity index (χ3v) is 19.9. The van der Waals surface area contributed by atoms with E-state index in [-0.39, 0.29) is 22.9 Å². The van der Waals surface area contributed by atoms with Gasteiger partial charge in [0.05, 0.1) is 27.5 Å². The van der Waals surface area contributed by atoms with Gasteiger partial charge < -0.3 is 9.84 Å². The Bertz CT molecular complexity index is 745. The van der Waals surface area contributed by atoms with E-state index in [1.807, 2.05) is 6.26 Å². The van der Waals surface area contributed by atoms with Crippen LogP contribution in [0.1, 0.15) is 87.5 Å². The quantitative estimate of drug-likeness (QED) is 0.257. The minimum atomic E-state index is -1.53. The number of allylic oxidation sites excluding steroid dienone is 2. The van der Waals surface area contributed by atoms with Gasteiger partial charge in [0.1, 0.15) is 0 Å². The second kappa shape index (κ2) is 8.29. The first-order chi connectivity index (χ1) is 15.0. The van der Waals surface area contributed by atoms with E-state index in [4.69, 9.17) is 4.74 Å². The highest BCUT2D eigenvalue weighted by Crippen LogP contribution is 2.74. The van der Waals surface area contributed by atoms with E-state index in [0.717, 1.165) is 41.4 Å². The number of hydrogen-bond donors (Lipinski definition) is 1. The summed E-state index contributed by atoms with van der Waals surface area (Å²) in [5.74, 6) is 2.12. The van der Waals surface area contributed by atoms with Crippen molar-refractivity contribution in [3.63, 3.8) is 0 Å². The molecule has 0 aromatic carbocycles. The highest BCUT2D eigenvalue weighted by Gasteiger charge is 2.70. The van der Waals surface area contributed by atoms with Crippen molar-refractivity contribution in [2.75, 3.05) is 7.11 Å². The van der Waals surface area contributed by atoms with E-state index in [0.29, 0.717) is 17.8 Å².